The van der Waals surface area contributed by atoms with E-state index >= 15 is 0 Å². The molecule has 0 unspecified atom stereocenters. The Bertz CT molecular complexity index is 925. The minimum Gasteiger partial charge on any atom is -0.355 e. The van der Waals surface area contributed by atoms with Crippen molar-refractivity contribution >= 4 is 10.9 Å². The molecule has 0 bridgehead atoms. The van der Waals surface area contributed by atoms with Gasteiger partial charge in [-0.2, -0.15) is 0 Å². The van der Waals surface area contributed by atoms with Crippen molar-refractivity contribution in [1.82, 2.24) is 15.0 Å². The van der Waals surface area contributed by atoms with Gasteiger partial charge in [0.05, 0.1) is 0 Å². The lowest BCUT2D eigenvalue weighted by Crippen LogP contribution is -1.84. The first-order valence-corrected chi connectivity index (χ1v) is 7.25. The van der Waals surface area contributed by atoms with Gasteiger partial charge in [0.1, 0.15) is 0 Å². The number of aromatic amines is 1. The highest BCUT2D eigenvalue weighted by atomic mass is 14.7. The molecule has 0 fully saturated rings. The Morgan fingerprint density at radius 2 is 1.41 bits per heavy atom. The molecule has 3 heterocycles. The molecule has 22 heavy (non-hydrogen) atoms. The number of hydrogen-bond donors (Lipinski definition) is 1. The van der Waals surface area contributed by atoms with E-state index in [-0.39, 0.29) is 0 Å². The second kappa shape index (κ2) is 5.11. The van der Waals surface area contributed by atoms with E-state index in [1.165, 1.54) is 22.1 Å². The van der Waals surface area contributed by atoms with Crippen LogP contribution in [0.4, 0.5) is 0 Å². The van der Waals surface area contributed by atoms with Crippen LogP contribution in [0.3, 0.4) is 0 Å². The van der Waals surface area contributed by atoms with Crippen LogP contribution in [0.25, 0.3) is 33.3 Å². The predicted molar refractivity (Wildman–Crippen MR) is 89.5 cm³/mol. The Labute approximate surface area is 128 Å². The Morgan fingerprint density at radius 1 is 0.773 bits per heavy atom. The van der Waals surface area contributed by atoms with E-state index in [1.54, 1.807) is 0 Å². The third kappa shape index (κ3) is 2.17. The molecule has 0 radical (unpaired) electrons. The van der Waals surface area contributed by atoms with Crippen molar-refractivity contribution in [3.8, 4) is 22.4 Å². The highest BCUT2D eigenvalue weighted by molar-refractivity contribution is 5.90. The molecule has 0 aliphatic rings. The molecule has 3 aromatic heterocycles. The number of H-pyrrole nitrogens is 1. The van der Waals surface area contributed by atoms with Gasteiger partial charge in [-0.25, -0.2) is 0 Å². The van der Waals surface area contributed by atoms with Crippen molar-refractivity contribution in [2.24, 2.45) is 0 Å². The van der Waals surface area contributed by atoms with Crippen LogP contribution < -0.4 is 0 Å². The maximum atomic E-state index is 4.09. The molecule has 0 aliphatic heterocycles. The first-order chi connectivity index (χ1) is 10.8. The summed E-state index contributed by atoms with van der Waals surface area (Å²) in [7, 11) is 0. The molecule has 0 saturated heterocycles. The molecule has 106 valence electrons. The van der Waals surface area contributed by atoms with Gasteiger partial charge < -0.3 is 4.98 Å². The van der Waals surface area contributed by atoms with Crippen molar-refractivity contribution in [2.75, 3.05) is 0 Å². The van der Waals surface area contributed by atoms with Gasteiger partial charge in [0, 0.05) is 46.9 Å². The van der Waals surface area contributed by atoms with Gasteiger partial charge in [-0.1, -0.05) is 0 Å². The SMILES string of the molecule is Cc1cc2[nH]c(-c3ccncc3)cc2cc1-c1ccncc1. The van der Waals surface area contributed by atoms with E-state index in [9.17, 15) is 0 Å². The van der Waals surface area contributed by atoms with Crippen LogP contribution in [0.1, 0.15) is 5.56 Å². The second-order valence-electron chi connectivity index (χ2n) is 5.41. The van der Waals surface area contributed by atoms with Crippen molar-refractivity contribution in [1.29, 1.82) is 0 Å². The third-order valence-electron chi connectivity index (χ3n) is 3.95. The lowest BCUT2D eigenvalue weighted by molar-refractivity contribution is 1.32. The average molecular weight is 285 g/mol. The van der Waals surface area contributed by atoms with Crippen LogP contribution in [0.15, 0.2) is 67.3 Å². The number of nitrogens with zero attached hydrogens (tertiary/aromatic N) is 2. The molecule has 3 nitrogen and oxygen atoms in total. The first-order valence-electron chi connectivity index (χ1n) is 7.25. The number of hydrogen-bond acceptors (Lipinski definition) is 2. The van der Waals surface area contributed by atoms with Crippen LogP contribution in [0.5, 0.6) is 0 Å². The van der Waals surface area contributed by atoms with Crippen LogP contribution in [0, 0.1) is 6.92 Å². The number of aromatic nitrogens is 3. The minimum absolute atomic E-state index is 1.11. The van der Waals surface area contributed by atoms with Crippen LogP contribution in [-0.4, -0.2) is 15.0 Å². The molecule has 4 rings (SSSR count). The van der Waals surface area contributed by atoms with Gasteiger partial charge in [-0.3, -0.25) is 9.97 Å². The zero-order chi connectivity index (χ0) is 14.9. The number of aryl methyl sites for hydroxylation is 1. The van der Waals surface area contributed by atoms with Crippen LogP contribution >= 0.6 is 0 Å². The van der Waals surface area contributed by atoms with E-state index in [2.05, 4.69) is 40.1 Å². The van der Waals surface area contributed by atoms with Crippen molar-refractivity contribution in [3.63, 3.8) is 0 Å². The molecule has 0 spiro atoms. The number of nitrogens with one attached hydrogen (secondary N) is 1. The Kier molecular flexibility index (Phi) is 2.97. The monoisotopic (exact) mass is 285 g/mol. The fourth-order valence-electron chi connectivity index (χ4n) is 2.82. The summed E-state index contributed by atoms with van der Waals surface area (Å²) in [6.07, 6.45) is 7.29. The summed E-state index contributed by atoms with van der Waals surface area (Å²) < 4.78 is 0. The number of benzene rings is 1. The third-order valence-corrected chi connectivity index (χ3v) is 3.95. The zero-order valence-electron chi connectivity index (χ0n) is 12.2. The Hall–Kier alpha value is -2.94. The number of pyridine rings is 2. The summed E-state index contributed by atoms with van der Waals surface area (Å²) in [4.78, 5) is 11.7. The van der Waals surface area contributed by atoms with Crippen molar-refractivity contribution < 1.29 is 0 Å². The van der Waals surface area contributed by atoms with Gasteiger partial charge in [0.15, 0.2) is 0 Å². The summed E-state index contributed by atoms with van der Waals surface area (Å²) >= 11 is 0. The maximum absolute atomic E-state index is 4.09. The topological polar surface area (TPSA) is 41.6 Å². The van der Waals surface area contributed by atoms with E-state index in [0.29, 0.717) is 0 Å². The summed E-state index contributed by atoms with van der Waals surface area (Å²) in [5.41, 5.74) is 7.11. The molecular weight excluding hydrogens is 270 g/mol. The quantitative estimate of drug-likeness (QED) is 0.584. The molecule has 3 heteroatoms. The molecule has 0 saturated carbocycles. The van der Waals surface area contributed by atoms with E-state index in [0.717, 1.165) is 16.8 Å². The highest BCUT2D eigenvalue weighted by Gasteiger charge is 2.08. The van der Waals surface area contributed by atoms with Crippen LogP contribution in [0.2, 0.25) is 0 Å². The largest absolute Gasteiger partial charge is 0.355 e. The van der Waals surface area contributed by atoms with Gasteiger partial charge in [-0.15, -0.1) is 0 Å². The summed E-state index contributed by atoms with van der Waals surface area (Å²) in [6.45, 7) is 2.14. The van der Waals surface area contributed by atoms with Gasteiger partial charge in [0.25, 0.3) is 0 Å². The summed E-state index contributed by atoms with van der Waals surface area (Å²) in [5, 5.41) is 1.21. The minimum atomic E-state index is 1.11. The summed E-state index contributed by atoms with van der Waals surface area (Å²) in [6, 6.07) is 14.8. The molecule has 4 aromatic rings. The molecule has 0 amide bonds. The van der Waals surface area contributed by atoms with Crippen molar-refractivity contribution in [3.05, 3.63) is 72.8 Å². The lowest BCUT2D eigenvalue weighted by Gasteiger charge is -2.06. The van der Waals surface area contributed by atoms with E-state index in [1.807, 2.05) is 49.1 Å². The number of rotatable bonds is 2. The van der Waals surface area contributed by atoms with Gasteiger partial charge in [-0.05, 0) is 66.1 Å². The molecule has 0 atom stereocenters. The average Bonchev–Trinajstić information content (AvgIpc) is 2.98. The standard InChI is InChI=1S/C19H15N3/c1-13-10-18-16(11-17(13)14-2-6-20-7-3-14)12-19(22-18)15-4-8-21-9-5-15/h2-12,22H,1H3. The summed E-state index contributed by atoms with van der Waals surface area (Å²) in [5.74, 6) is 0. The first kappa shape index (κ1) is 12.8. The molecule has 1 aromatic carbocycles. The van der Waals surface area contributed by atoms with Crippen LogP contribution in [-0.2, 0) is 0 Å². The van der Waals surface area contributed by atoms with Crippen molar-refractivity contribution in [2.45, 2.75) is 6.92 Å². The lowest BCUT2D eigenvalue weighted by atomic mass is 10.00. The fraction of sp³-hybridized carbons (Fsp3) is 0.0526. The normalized spacial score (nSPS) is 11.0. The van der Waals surface area contributed by atoms with Gasteiger partial charge >= 0.3 is 0 Å². The zero-order valence-corrected chi connectivity index (χ0v) is 12.2. The van der Waals surface area contributed by atoms with E-state index < -0.39 is 0 Å². The Balaban J connectivity index is 1.88. The van der Waals surface area contributed by atoms with E-state index in [4.69, 9.17) is 0 Å². The second-order valence-corrected chi connectivity index (χ2v) is 5.41. The molecule has 0 aliphatic carbocycles. The fourth-order valence-corrected chi connectivity index (χ4v) is 2.82. The Morgan fingerprint density at radius 3 is 2.09 bits per heavy atom. The number of fused-ring (bicyclic) bond motifs is 1. The predicted octanol–water partition coefficient (Wildman–Crippen LogP) is 4.60. The highest BCUT2D eigenvalue weighted by Crippen LogP contribution is 2.30. The molecule has 1 N–H and O–H groups in total. The molecular formula is C19H15N3. The maximum Gasteiger partial charge on any atom is 0.0465 e. The van der Waals surface area contributed by atoms with Gasteiger partial charge in [0.2, 0.25) is 0 Å². The smallest absolute Gasteiger partial charge is 0.0465 e.